The van der Waals surface area contributed by atoms with Gasteiger partial charge in [0.2, 0.25) is 0 Å². The molecule has 0 bridgehead atoms. The fourth-order valence-electron chi connectivity index (χ4n) is 1.44. The molecule has 0 amide bonds. The van der Waals surface area contributed by atoms with E-state index < -0.39 is 0 Å². The molecule has 70 valence electrons. The fourth-order valence-corrected chi connectivity index (χ4v) is 3.20. The van der Waals surface area contributed by atoms with Gasteiger partial charge in [-0.25, -0.2) is 0 Å². The quantitative estimate of drug-likeness (QED) is 0.637. The molecule has 1 heterocycles. The summed E-state index contributed by atoms with van der Waals surface area (Å²) in [5.74, 6) is 0. The highest BCUT2D eigenvalue weighted by atomic mass is 79.9. The summed E-state index contributed by atoms with van der Waals surface area (Å²) in [6, 6.07) is 5.86. The molecule has 0 aliphatic carbocycles. The van der Waals surface area contributed by atoms with E-state index in [-0.39, 0.29) is 0 Å². The van der Waals surface area contributed by atoms with Gasteiger partial charge >= 0.3 is 0 Å². The lowest BCUT2D eigenvalue weighted by Gasteiger charge is -2.04. The summed E-state index contributed by atoms with van der Waals surface area (Å²) in [7, 11) is 0. The van der Waals surface area contributed by atoms with Crippen LogP contribution in [0.15, 0.2) is 17.5 Å². The Bertz CT molecular complexity index is 525. The van der Waals surface area contributed by atoms with Crippen LogP contribution in [-0.4, -0.2) is 0 Å². The molecule has 0 unspecified atom stereocenters. The summed E-state index contributed by atoms with van der Waals surface area (Å²) < 4.78 is 1.11. The number of anilines is 1. The van der Waals surface area contributed by atoms with E-state index in [0.717, 1.165) is 21.0 Å². The highest BCUT2D eigenvalue weighted by Gasteiger charge is 2.09. The molecule has 0 saturated heterocycles. The largest absolute Gasteiger partial charge is 0.398 e. The number of nitriles is 1. The van der Waals surface area contributed by atoms with Crippen LogP contribution in [0.5, 0.6) is 0 Å². The first-order valence-electron chi connectivity index (χ1n) is 4.02. The molecule has 4 heteroatoms. The molecule has 2 nitrogen and oxygen atoms in total. The lowest BCUT2D eigenvalue weighted by atomic mass is 10.1. The van der Waals surface area contributed by atoms with Crippen molar-refractivity contribution in [2.24, 2.45) is 0 Å². The van der Waals surface area contributed by atoms with E-state index in [1.807, 2.05) is 11.4 Å². The maximum absolute atomic E-state index is 8.93. The van der Waals surface area contributed by atoms with Crippen LogP contribution in [-0.2, 0) is 5.33 Å². The van der Waals surface area contributed by atoms with Crippen molar-refractivity contribution in [3.63, 3.8) is 0 Å². The zero-order valence-electron chi connectivity index (χ0n) is 7.25. The summed E-state index contributed by atoms with van der Waals surface area (Å²) in [6.45, 7) is 0. The predicted molar refractivity (Wildman–Crippen MR) is 63.6 cm³/mol. The van der Waals surface area contributed by atoms with Crippen LogP contribution in [0.4, 0.5) is 5.69 Å². The van der Waals surface area contributed by atoms with Crippen molar-refractivity contribution >= 4 is 43.0 Å². The van der Waals surface area contributed by atoms with Gasteiger partial charge in [0.25, 0.3) is 0 Å². The van der Waals surface area contributed by atoms with Crippen LogP contribution in [0.1, 0.15) is 11.1 Å². The van der Waals surface area contributed by atoms with E-state index in [4.69, 9.17) is 11.0 Å². The predicted octanol–water partition coefficient (Wildman–Crippen LogP) is 3.25. The minimum Gasteiger partial charge on any atom is -0.398 e. The molecular formula is C10H7BrN2S. The van der Waals surface area contributed by atoms with E-state index in [1.54, 1.807) is 17.4 Å². The van der Waals surface area contributed by atoms with Gasteiger partial charge in [-0.1, -0.05) is 15.9 Å². The maximum Gasteiger partial charge on any atom is 0.0999 e. The van der Waals surface area contributed by atoms with Gasteiger partial charge < -0.3 is 5.73 Å². The van der Waals surface area contributed by atoms with Crippen LogP contribution in [0.3, 0.4) is 0 Å². The Morgan fingerprint density at radius 3 is 3.00 bits per heavy atom. The molecule has 1 aromatic heterocycles. The molecule has 0 radical (unpaired) electrons. The molecule has 0 aliphatic heterocycles. The number of alkyl halides is 1. The lowest BCUT2D eigenvalue weighted by Crippen LogP contribution is -1.93. The van der Waals surface area contributed by atoms with Gasteiger partial charge in [-0.15, -0.1) is 11.3 Å². The number of fused-ring (bicyclic) bond motifs is 1. The van der Waals surface area contributed by atoms with E-state index in [0.29, 0.717) is 11.3 Å². The van der Waals surface area contributed by atoms with Gasteiger partial charge in [0.05, 0.1) is 11.6 Å². The SMILES string of the molecule is N#Cc1cc(N)c(CBr)c2sccc12. The smallest absolute Gasteiger partial charge is 0.0999 e. The molecule has 2 rings (SSSR count). The van der Waals surface area contributed by atoms with Crippen LogP contribution in [0.25, 0.3) is 10.1 Å². The number of hydrogen-bond acceptors (Lipinski definition) is 3. The lowest BCUT2D eigenvalue weighted by molar-refractivity contribution is 1.47. The number of rotatable bonds is 1. The standard InChI is InChI=1S/C10H7BrN2S/c11-4-8-9(13)3-6(5-12)7-1-2-14-10(7)8/h1-3H,4,13H2. The van der Waals surface area contributed by atoms with Crippen molar-refractivity contribution in [3.05, 3.63) is 28.6 Å². The summed E-state index contributed by atoms with van der Waals surface area (Å²) in [5, 5.41) is 12.6. The Morgan fingerprint density at radius 1 is 1.57 bits per heavy atom. The number of thiophene rings is 1. The first-order chi connectivity index (χ1) is 6.77. The Labute approximate surface area is 94.1 Å². The summed E-state index contributed by atoms with van der Waals surface area (Å²) >= 11 is 5.03. The van der Waals surface area contributed by atoms with Gasteiger partial charge in [0.1, 0.15) is 0 Å². The minimum atomic E-state index is 0.656. The van der Waals surface area contributed by atoms with Gasteiger partial charge in [-0.3, -0.25) is 0 Å². The van der Waals surface area contributed by atoms with E-state index in [1.165, 1.54) is 0 Å². The Kier molecular flexibility index (Phi) is 2.44. The molecule has 0 spiro atoms. The second-order valence-corrected chi connectivity index (χ2v) is 4.38. The van der Waals surface area contributed by atoms with Crippen LogP contribution >= 0.6 is 27.3 Å². The molecule has 1 aromatic carbocycles. The van der Waals surface area contributed by atoms with E-state index >= 15 is 0 Å². The number of nitrogens with zero attached hydrogens (tertiary/aromatic N) is 1. The molecule has 14 heavy (non-hydrogen) atoms. The molecule has 0 atom stereocenters. The van der Waals surface area contributed by atoms with Crippen molar-refractivity contribution in [2.75, 3.05) is 5.73 Å². The zero-order valence-corrected chi connectivity index (χ0v) is 9.65. The van der Waals surface area contributed by atoms with Gasteiger partial charge in [-0.05, 0) is 17.5 Å². The van der Waals surface area contributed by atoms with Crippen molar-refractivity contribution < 1.29 is 0 Å². The summed E-state index contributed by atoms with van der Waals surface area (Å²) in [4.78, 5) is 0. The normalized spacial score (nSPS) is 10.3. The van der Waals surface area contributed by atoms with Crippen molar-refractivity contribution in [1.82, 2.24) is 0 Å². The highest BCUT2D eigenvalue weighted by Crippen LogP contribution is 2.33. The fraction of sp³-hybridized carbons (Fsp3) is 0.100. The first kappa shape index (κ1) is 9.50. The Hall–Kier alpha value is -1.05. The molecule has 2 N–H and O–H groups in total. The summed E-state index contributed by atoms with van der Waals surface area (Å²) in [5.41, 5.74) is 8.28. The van der Waals surface area contributed by atoms with Crippen molar-refractivity contribution in [2.45, 2.75) is 5.33 Å². The molecule has 2 aromatic rings. The minimum absolute atomic E-state index is 0.656. The number of nitrogen functional groups attached to an aromatic ring is 1. The van der Waals surface area contributed by atoms with Gasteiger partial charge in [0.15, 0.2) is 0 Å². The molecule has 0 fully saturated rings. The van der Waals surface area contributed by atoms with Crippen LogP contribution in [0.2, 0.25) is 0 Å². The first-order valence-corrected chi connectivity index (χ1v) is 6.02. The topological polar surface area (TPSA) is 49.8 Å². The Balaban J connectivity index is 2.90. The van der Waals surface area contributed by atoms with Crippen molar-refractivity contribution in [3.8, 4) is 6.07 Å². The number of benzene rings is 1. The number of halogens is 1. The third kappa shape index (κ3) is 1.29. The van der Waals surface area contributed by atoms with Crippen molar-refractivity contribution in [1.29, 1.82) is 5.26 Å². The second kappa shape index (κ2) is 3.60. The van der Waals surface area contributed by atoms with Crippen LogP contribution < -0.4 is 5.73 Å². The van der Waals surface area contributed by atoms with E-state index in [2.05, 4.69) is 22.0 Å². The average molecular weight is 267 g/mol. The van der Waals surface area contributed by atoms with E-state index in [9.17, 15) is 0 Å². The number of hydrogen-bond donors (Lipinski definition) is 1. The zero-order chi connectivity index (χ0) is 10.1. The molecular weight excluding hydrogens is 260 g/mol. The third-order valence-electron chi connectivity index (χ3n) is 2.13. The highest BCUT2D eigenvalue weighted by molar-refractivity contribution is 9.08. The molecule has 0 saturated carbocycles. The summed E-state index contributed by atoms with van der Waals surface area (Å²) in [6.07, 6.45) is 0. The average Bonchev–Trinajstić information content (AvgIpc) is 2.65. The Morgan fingerprint density at radius 2 is 2.36 bits per heavy atom. The van der Waals surface area contributed by atoms with Gasteiger partial charge in [0, 0.05) is 26.7 Å². The second-order valence-electron chi connectivity index (χ2n) is 2.90. The monoisotopic (exact) mass is 266 g/mol. The van der Waals surface area contributed by atoms with Crippen LogP contribution in [0, 0.1) is 11.3 Å². The molecule has 0 aliphatic rings. The van der Waals surface area contributed by atoms with Gasteiger partial charge in [-0.2, -0.15) is 5.26 Å². The number of nitrogens with two attached hydrogens (primary N) is 1. The third-order valence-corrected chi connectivity index (χ3v) is 3.67. The maximum atomic E-state index is 8.93.